The Morgan fingerprint density at radius 3 is 2.21 bits per heavy atom. The van der Waals surface area contributed by atoms with Gasteiger partial charge in [-0.3, -0.25) is 19.4 Å². The molecule has 0 unspecified atom stereocenters. The van der Waals surface area contributed by atoms with Crippen LogP contribution in [0.1, 0.15) is 63.3 Å². The molecule has 9 heteroatoms. The molecule has 0 saturated carbocycles. The summed E-state index contributed by atoms with van der Waals surface area (Å²) >= 11 is 0. The van der Waals surface area contributed by atoms with E-state index in [0.717, 1.165) is 5.56 Å². The van der Waals surface area contributed by atoms with Crippen molar-refractivity contribution >= 4 is 23.9 Å². The Morgan fingerprint density at radius 2 is 1.61 bits per heavy atom. The van der Waals surface area contributed by atoms with Gasteiger partial charge in [-0.05, 0) is 28.8 Å². The first-order valence-electron chi connectivity index (χ1n) is 12.5. The first-order valence-corrected chi connectivity index (χ1v) is 12.5. The average Bonchev–Trinajstić information content (AvgIpc) is 3.18. The van der Waals surface area contributed by atoms with Crippen molar-refractivity contribution in [1.29, 1.82) is 0 Å². The minimum atomic E-state index is -1.92. The third-order valence-electron chi connectivity index (χ3n) is 7.53. The normalized spacial score (nSPS) is 24.8. The molecule has 0 aromatic heterocycles. The maximum Gasteiger partial charge on any atom is 0.330 e. The van der Waals surface area contributed by atoms with Gasteiger partial charge in [0.2, 0.25) is 5.41 Å². The number of Topliss-reactive ketones (excluding diaryl/α,β-unsaturated/α-hetero) is 1. The van der Waals surface area contributed by atoms with E-state index in [2.05, 4.69) is 5.10 Å². The molecule has 1 spiro atoms. The van der Waals surface area contributed by atoms with Gasteiger partial charge in [0.05, 0.1) is 20.4 Å². The summed E-state index contributed by atoms with van der Waals surface area (Å²) in [6.45, 7) is 8.45. The standard InChI is InChI=1S/C29H32N2O7/c1-27(2,3)24(32)22-21(16-12-13-19(35-6)20(14-16)36-7)29(25(33)37-28(4,5)38-26(29)34)23-18-11-9-8-10-17(18)15-30-31(22)23/h8-15,21-23H,1-7H3/t21-,22+,23+/m0/s1. The quantitative estimate of drug-likeness (QED) is 0.440. The van der Waals surface area contributed by atoms with Crippen molar-refractivity contribution in [1.82, 2.24) is 5.01 Å². The summed E-state index contributed by atoms with van der Waals surface area (Å²) in [4.78, 5) is 42.6. The maximum atomic E-state index is 14.2. The first-order chi connectivity index (χ1) is 17.9. The fourth-order valence-corrected chi connectivity index (χ4v) is 5.88. The number of nitrogens with zero attached hydrogens (tertiary/aromatic N) is 2. The fraction of sp³-hybridized carbons (Fsp3) is 0.448. The zero-order valence-corrected chi connectivity index (χ0v) is 22.6. The second-order valence-corrected chi connectivity index (χ2v) is 11.4. The van der Waals surface area contributed by atoms with Gasteiger partial charge in [0, 0.05) is 25.2 Å². The molecule has 3 aliphatic heterocycles. The summed E-state index contributed by atoms with van der Waals surface area (Å²) in [6, 6.07) is 10.6. The van der Waals surface area contributed by atoms with Crippen LogP contribution in [-0.4, -0.2) is 55.0 Å². The predicted molar refractivity (Wildman–Crippen MR) is 138 cm³/mol. The fourth-order valence-electron chi connectivity index (χ4n) is 5.88. The SMILES string of the molecule is COc1ccc([C@H]2[C@H](C(=O)C(C)(C)C)N3N=Cc4ccccc4[C@@H]3C23C(=O)OC(C)(C)OC3=O)cc1OC. The molecule has 0 N–H and O–H groups in total. The number of fused-ring (bicyclic) bond motifs is 4. The number of hydrogen-bond donors (Lipinski definition) is 0. The lowest BCUT2D eigenvalue weighted by Crippen LogP contribution is -2.58. The van der Waals surface area contributed by atoms with Gasteiger partial charge in [-0.25, -0.2) is 0 Å². The second-order valence-electron chi connectivity index (χ2n) is 11.4. The third kappa shape index (κ3) is 3.59. The highest BCUT2D eigenvalue weighted by Crippen LogP contribution is 2.63. The number of hydrogen-bond acceptors (Lipinski definition) is 9. The van der Waals surface area contributed by atoms with E-state index >= 15 is 0 Å². The number of hydrazone groups is 1. The van der Waals surface area contributed by atoms with Crippen molar-refractivity contribution in [3.63, 3.8) is 0 Å². The van der Waals surface area contributed by atoms with Gasteiger partial charge in [0.25, 0.3) is 5.79 Å². The Kier molecular flexibility index (Phi) is 5.81. The third-order valence-corrected chi connectivity index (χ3v) is 7.53. The van der Waals surface area contributed by atoms with E-state index in [9.17, 15) is 14.4 Å². The summed E-state index contributed by atoms with van der Waals surface area (Å²) in [5, 5.41) is 6.27. The number of esters is 2. The number of carbonyl (C=O) groups is 3. The Balaban J connectivity index is 1.86. The van der Waals surface area contributed by atoms with Crippen LogP contribution >= 0.6 is 0 Å². The lowest BCUT2D eigenvalue weighted by molar-refractivity contribution is -0.254. The molecule has 2 aromatic rings. The van der Waals surface area contributed by atoms with Crippen LogP contribution in [0, 0.1) is 10.8 Å². The van der Waals surface area contributed by atoms with E-state index in [0.29, 0.717) is 22.6 Å². The van der Waals surface area contributed by atoms with Crippen molar-refractivity contribution in [2.24, 2.45) is 15.9 Å². The molecule has 5 rings (SSSR count). The summed E-state index contributed by atoms with van der Waals surface area (Å²) in [7, 11) is 3.02. The number of methoxy groups -OCH3 is 2. The molecule has 38 heavy (non-hydrogen) atoms. The van der Waals surface area contributed by atoms with Crippen LogP contribution in [0.2, 0.25) is 0 Å². The maximum absolute atomic E-state index is 14.2. The molecule has 2 fully saturated rings. The van der Waals surface area contributed by atoms with Crippen molar-refractivity contribution in [2.45, 2.75) is 58.4 Å². The number of benzene rings is 2. The summed E-state index contributed by atoms with van der Waals surface area (Å²) in [5.74, 6) is -3.30. The predicted octanol–water partition coefficient (Wildman–Crippen LogP) is 4.00. The molecule has 2 aromatic carbocycles. The molecule has 2 saturated heterocycles. The van der Waals surface area contributed by atoms with Crippen LogP contribution in [0.15, 0.2) is 47.6 Å². The Morgan fingerprint density at radius 1 is 0.974 bits per heavy atom. The van der Waals surface area contributed by atoms with Crippen LogP contribution in [-0.2, 0) is 23.9 Å². The van der Waals surface area contributed by atoms with Gasteiger partial charge in [-0.2, -0.15) is 5.10 Å². The number of rotatable bonds is 4. The lowest BCUT2D eigenvalue weighted by atomic mass is 9.64. The number of cyclic esters (lactones) is 2. The Labute approximate surface area is 221 Å². The average molecular weight is 521 g/mol. The van der Waals surface area contributed by atoms with Gasteiger partial charge in [0.1, 0.15) is 12.1 Å². The Hall–Kier alpha value is -3.88. The Bertz CT molecular complexity index is 1340. The first kappa shape index (κ1) is 25.8. The molecular weight excluding hydrogens is 488 g/mol. The van der Waals surface area contributed by atoms with E-state index in [1.807, 2.05) is 45.0 Å². The summed E-state index contributed by atoms with van der Waals surface area (Å²) < 4.78 is 22.5. The van der Waals surface area contributed by atoms with Gasteiger partial charge in [-0.1, -0.05) is 51.1 Å². The molecule has 0 aliphatic carbocycles. The zero-order chi connectivity index (χ0) is 27.6. The van der Waals surface area contributed by atoms with Crippen LogP contribution in [0.25, 0.3) is 0 Å². The molecule has 0 radical (unpaired) electrons. The highest BCUT2D eigenvalue weighted by molar-refractivity contribution is 6.07. The van der Waals surface area contributed by atoms with E-state index in [1.165, 1.54) is 28.1 Å². The molecular formula is C29H32N2O7. The number of carbonyl (C=O) groups excluding carboxylic acids is 3. The summed E-state index contributed by atoms with van der Waals surface area (Å²) in [6.07, 6.45) is 1.66. The van der Waals surface area contributed by atoms with Crippen LogP contribution in [0.3, 0.4) is 0 Å². The van der Waals surface area contributed by atoms with E-state index in [4.69, 9.17) is 18.9 Å². The molecule has 3 heterocycles. The van der Waals surface area contributed by atoms with E-state index in [1.54, 1.807) is 29.4 Å². The number of ether oxygens (including phenoxy) is 4. The highest BCUT2D eigenvalue weighted by Gasteiger charge is 2.75. The van der Waals surface area contributed by atoms with Crippen LogP contribution in [0.5, 0.6) is 11.5 Å². The smallest absolute Gasteiger partial charge is 0.330 e. The molecule has 3 atom stereocenters. The van der Waals surface area contributed by atoms with E-state index < -0.39 is 46.6 Å². The molecule has 3 aliphatic rings. The molecule has 0 bridgehead atoms. The summed E-state index contributed by atoms with van der Waals surface area (Å²) in [5.41, 5.74) is -0.779. The minimum Gasteiger partial charge on any atom is -0.493 e. The minimum absolute atomic E-state index is 0.180. The second kappa shape index (κ2) is 8.58. The van der Waals surface area contributed by atoms with Crippen molar-refractivity contribution in [3.05, 3.63) is 59.2 Å². The van der Waals surface area contributed by atoms with Crippen molar-refractivity contribution in [3.8, 4) is 11.5 Å². The molecule has 0 amide bonds. The zero-order valence-electron chi connectivity index (χ0n) is 22.6. The molecule has 9 nitrogen and oxygen atoms in total. The number of ketones is 1. The van der Waals surface area contributed by atoms with Gasteiger partial charge >= 0.3 is 11.9 Å². The van der Waals surface area contributed by atoms with Gasteiger partial charge in [0.15, 0.2) is 17.3 Å². The van der Waals surface area contributed by atoms with E-state index in [-0.39, 0.29) is 5.78 Å². The monoisotopic (exact) mass is 520 g/mol. The lowest BCUT2D eigenvalue weighted by Gasteiger charge is -2.44. The van der Waals surface area contributed by atoms with Crippen LogP contribution in [0.4, 0.5) is 0 Å². The van der Waals surface area contributed by atoms with Crippen LogP contribution < -0.4 is 9.47 Å². The largest absolute Gasteiger partial charge is 0.493 e. The van der Waals surface area contributed by atoms with Gasteiger partial charge < -0.3 is 18.9 Å². The van der Waals surface area contributed by atoms with Crippen molar-refractivity contribution < 1.29 is 33.3 Å². The molecule has 200 valence electrons. The topological polar surface area (TPSA) is 104 Å². The highest BCUT2D eigenvalue weighted by atomic mass is 16.7. The van der Waals surface area contributed by atoms with Crippen molar-refractivity contribution in [2.75, 3.05) is 14.2 Å². The van der Waals surface area contributed by atoms with Gasteiger partial charge in [-0.15, -0.1) is 0 Å².